The fourth-order valence-electron chi connectivity index (χ4n) is 3.68. The van der Waals surface area contributed by atoms with E-state index in [0.717, 1.165) is 18.7 Å². The van der Waals surface area contributed by atoms with Crippen LogP contribution in [0.25, 0.3) is 0 Å². The maximum Gasteiger partial charge on any atom is 0.414 e. The molecule has 4 N–H and O–H groups in total. The molecule has 3 aromatic carbocycles. The van der Waals surface area contributed by atoms with Gasteiger partial charge in [-0.05, 0) is 16.7 Å². The minimum Gasteiger partial charge on any atom is -0.473 e. The normalized spacial score (nSPS) is 10.7. The number of nitrogens with zero attached hydrogens (tertiary/aromatic N) is 1. The highest BCUT2D eigenvalue weighted by molar-refractivity contribution is 6.27. The molecule has 7 heteroatoms. The molecule has 1 aromatic heterocycles. The molecule has 4 rings (SSSR count). The van der Waals surface area contributed by atoms with Crippen molar-refractivity contribution in [3.8, 4) is 0 Å². The molecule has 0 saturated carbocycles. The molecule has 0 radical (unpaired) electrons. The summed E-state index contributed by atoms with van der Waals surface area (Å²) in [6.45, 7) is 0.820. The van der Waals surface area contributed by atoms with Gasteiger partial charge in [0.1, 0.15) is 0 Å². The molecule has 1 heterocycles. The van der Waals surface area contributed by atoms with Gasteiger partial charge in [0.05, 0.1) is 11.9 Å². The second kappa shape index (κ2) is 11.4. The molecule has 0 saturated heterocycles. The minimum absolute atomic E-state index is 0.413. The molecule has 4 aromatic rings. The summed E-state index contributed by atoms with van der Waals surface area (Å²) in [5.74, 6) is -3.65. The highest BCUT2D eigenvalue weighted by Crippen LogP contribution is 2.36. The van der Waals surface area contributed by atoms with Gasteiger partial charge in [0.25, 0.3) is 0 Å². The molecule has 0 bridgehead atoms. The number of aliphatic carboxylic acids is 2. The van der Waals surface area contributed by atoms with Crippen LogP contribution in [0.15, 0.2) is 104 Å². The van der Waals surface area contributed by atoms with E-state index in [1.165, 1.54) is 16.7 Å². The number of carboxylic acid groups (broad SMARTS) is 2. The largest absolute Gasteiger partial charge is 0.473 e. The number of nitrogens with one attached hydrogen (secondary N) is 2. The first-order valence-corrected chi connectivity index (χ1v) is 10.4. The number of H-pyrrole nitrogens is 1. The number of carboxylic acids is 2. The van der Waals surface area contributed by atoms with Crippen molar-refractivity contribution in [2.24, 2.45) is 0 Å². The fraction of sp³-hybridized carbons (Fsp3) is 0.115. The Balaban J connectivity index is 0.000000454. The van der Waals surface area contributed by atoms with Crippen LogP contribution >= 0.6 is 0 Å². The zero-order chi connectivity index (χ0) is 23.5. The molecule has 7 nitrogen and oxygen atoms in total. The van der Waals surface area contributed by atoms with E-state index in [9.17, 15) is 0 Å². The second-order valence-electron chi connectivity index (χ2n) is 7.21. The van der Waals surface area contributed by atoms with Crippen molar-refractivity contribution < 1.29 is 19.8 Å². The Morgan fingerprint density at radius 2 is 1.18 bits per heavy atom. The standard InChI is InChI=1S/C24H23N3.C2H2O4/c1-4-10-20(11-5-1)24(21-12-6-2-7-13-21,22-14-8-3-9-15-22)27-17-16-23-18-25-19-26-23;3-1(4)2(5)6/h1-15,18-19,27H,16-17H2,(H,25,26);(H,3,4)(H,5,6). The lowest BCUT2D eigenvalue weighted by atomic mass is 9.77. The van der Waals surface area contributed by atoms with Crippen molar-refractivity contribution in [2.45, 2.75) is 12.0 Å². The predicted octanol–water partition coefficient (Wildman–Crippen LogP) is 3.69. The zero-order valence-corrected chi connectivity index (χ0v) is 17.9. The van der Waals surface area contributed by atoms with Crippen LogP contribution in [0.2, 0.25) is 0 Å². The van der Waals surface area contributed by atoms with Gasteiger partial charge in [-0.1, -0.05) is 91.0 Å². The number of benzene rings is 3. The molecule has 168 valence electrons. The highest BCUT2D eigenvalue weighted by Gasteiger charge is 2.35. The number of carbonyl (C=O) groups is 2. The van der Waals surface area contributed by atoms with Gasteiger partial charge in [-0.25, -0.2) is 14.6 Å². The first-order chi connectivity index (χ1) is 16.0. The predicted molar refractivity (Wildman–Crippen MR) is 125 cm³/mol. The van der Waals surface area contributed by atoms with Gasteiger partial charge in [-0.15, -0.1) is 0 Å². The monoisotopic (exact) mass is 443 g/mol. The topological polar surface area (TPSA) is 115 Å². The number of rotatable bonds is 7. The maximum atomic E-state index is 9.10. The number of aromatic nitrogens is 2. The van der Waals surface area contributed by atoms with Crippen molar-refractivity contribution in [3.05, 3.63) is 126 Å². The smallest absolute Gasteiger partial charge is 0.414 e. The SMILES string of the molecule is O=C(O)C(=O)O.c1ccc(C(NCCc2cnc[nH]2)(c2ccccc2)c2ccccc2)cc1. The maximum absolute atomic E-state index is 9.10. The van der Waals surface area contributed by atoms with Gasteiger partial charge < -0.3 is 15.2 Å². The summed E-state index contributed by atoms with van der Waals surface area (Å²) in [4.78, 5) is 25.5. The third-order valence-electron chi connectivity index (χ3n) is 5.14. The first-order valence-electron chi connectivity index (χ1n) is 10.4. The molecule has 0 aliphatic rings. The van der Waals surface area contributed by atoms with Crippen molar-refractivity contribution in [2.75, 3.05) is 6.54 Å². The Morgan fingerprint density at radius 1 is 0.758 bits per heavy atom. The molecule has 0 fully saturated rings. The Bertz CT molecular complexity index is 1020. The van der Waals surface area contributed by atoms with Crippen LogP contribution in [-0.4, -0.2) is 38.7 Å². The van der Waals surface area contributed by atoms with Gasteiger partial charge in [0, 0.05) is 24.9 Å². The molecular weight excluding hydrogens is 418 g/mol. The number of aromatic amines is 1. The average molecular weight is 444 g/mol. The Labute approximate surface area is 191 Å². The molecule has 0 spiro atoms. The zero-order valence-electron chi connectivity index (χ0n) is 17.9. The van der Waals surface area contributed by atoms with Crippen molar-refractivity contribution >= 4 is 11.9 Å². The van der Waals surface area contributed by atoms with Crippen LogP contribution in [0.5, 0.6) is 0 Å². The molecular formula is C26H25N3O4. The van der Waals surface area contributed by atoms with E-state index in [4.69, 9.17) is 19.8 Å². The summed E-state index contributed by atoms with van der Waals surface area (Å²) in [5.41, 5.74) is 4.40. The third-order valence-corrected chi connectivity index (χ3v) is 5.14. The average Bonchev–Trinajstić information content (AvgIpc) is 3.38. The molecule has 0 atom stereocenters. The summed E-state index contributed by atoms with van der Waals surface area (Å²) in [6.07, 6.45) is 4.50. The van der Waals surface area contributed by atoms with Crippen LogP contribution in [0.1, 0.15) is 22.4 Å². The van der Waals surface area contributed by atoms with Gasteiger partial charge >= 0.3 is 11.9 Å². The van der Waals surface area contributed by atoms with Crippen LogP contribution in [0.4, 0.5) is 0 Å². The lowest BCUT2D eigenvalue weighted by Crippen LogP contribution is -2.45. The molecule has 0 amide bonds. The van der Waals surface area contributed by atoms with E-state index in [1.54, 1.807) is 6.33 Å². The first kappa shape index (κ1) is 23.4. The molecule has 0 unspecified atom stereocenters. The van der Waals surface area contributed by atoms with E-state index in [1.807, 2.05) is 6.20 Å². The number of hydrogen-bond donors (Lipinski definition) is 4. The molecule has 0 aliphatic heterocycles. The minimum atomic E-state index is -1.82. The highest BCUT2D eigenvalue weighted by atomic mass is 16.4. The van der Waals surface area contributed by atoms with E-state index in [2.05, 4.69) is 106 Å². The Kier molecular flexibility index (Phi) is 8.10. The lowest BCUT2D eigenvalue weighted by molar-refractivity contribution is -0.159. The number of imidazole rings is 1. The van der Waals surface area contributed by atoms with E-state index >= 15 is 0 Å². The van der Waals surface area contributed by atoms with Crippen LogP contribution in [0, 0.1) is 0 Å². The Morgan fingerprint density at radius 3 is 1.52 bits per heavy atom. The van der Waals surface area contributed by atoms with Gasteiger partial charge in [0.2, 0.25) is 0 Å². The van der Waals surface area contributed by atoms with Crippen molar-refractivity contribution in [3.63, 3.8) is 0 Å². The summed E-state index contributed by atoms with van der Waals surface area (Å²) in [7, 11) is 0. The van der Waals surface area contributed by atoms with Crippen molar-refractivity contribution in [1.29, 1.82) is 0 Å². The summed E-state index contributed by atoms with van der Waals surface area (Å²) in [6, 6.07) is 32.0. The summed E-state index contributed by atoms with van der Waals surface area (Å²) >= 11 is 0. The van der Waals surface area contributed by atoms with Crippen LogP contribution in [-0.2, 0) is 21.5 Å². The molecule has 0 aliphatic carbocycles. The number of hydrogen-bond acceptors (Lipinski definition) is 4. The van der Waals surface area contributed by atoms with Crippen LogP contribution < -0.4 is 5.32 Å². The van der Waals surface area contributed by atoms with E-state index < -0.39 is 17.5 Å². The van der Waals surface area contributed by atoms with Crippen molar-refractivity contribution in [1.82, 2.24) is 15.3 Å². The van der Waals surface area contributed by atoms with Gasteiger partial charge in [-0.2, -0.15) is 0 Å². The second-order valence-corrected chi connectivity index (χ2v) is 7.21. The quantitative estimate of drug-likeness (QED) is 0.256. The van der Waals surface area contributed by atoms with Gasteiger partial charge in [-0.3, -0.25) is 5.32 Å². The summed E-state index contributed by atoms with van der Waals surface area (Å²) < 4.78 is 0. The lowest BCUT2D eigenvalue weighted by Gasteiger charge is -2.37. The fourth-order valence-corrected chi connectivity index (χ4v) is 3.68. The summed E-state index contributed by atoms with van der Waals surface area (Å²) in [5, 5.41) is 18.7. The Hall–Kier alpha value is -4.23. The van der Waals surface area contributed by atoms with E-state index in [0.29, 0.717) is 0 Å². The molecule has 33 heavy (non-hydrogen) atoms. The van der Waals surface area contributed by atoms with Crippen LogP contribution in [0.3, 0.4) is 0 Å². The van der Waals surface area contributed by atoms with Gasteiger partial charge in [0.15, 0.2) is 0 Å². The third kappa shape index (κ3) is 5.93. The van der Waals surface area contributed by atoms with E-state index in [-0.39, 0.29) is 0 Å².